The Balaban J connectivity index is 1.99. The van der Waals surface area contributed by atoms with Gasteiger partial charge in [-0.05, 0) is 75.1 Å². The Kier molecular flexibility index (Phi) is 6.19. The van der Waals surface area contributed by atoms with Gasteiger partial charge in [-0.3, -0.25) is 0 Å². The van der Waals surface area contributed by atoms with E-state index in [1.54, 1.807) is 5.57 Å². The zero-order valence-corrected chi connectivity index (χ0v) is 20.0. The third kappa shape index (κ3) is 4.54. The Morgan fingerprint density at radius 1 is 0.710 bits per heavy atom. The van der Waals surface area contributed by atoms with Crippen LogP contribution in [0.2, 0.25) is 0 Å². The average Bonchev–Trinajstić information content (AvgIpc) is 3.14. The average molecular weight is 409 g/mol. The summed E-state index contributed by atoms with van der Waals surface area (Å²) >= 11 is 0. The molecule has 0 saturated carbocycles. The quantitative estimate of drug-likeness (QED) is 0.381. The van der Waals surface area contributed by atoms with Crippen molar-refractivity contribution in [1.29, 1.82) is 0 Å². The molecule has 0 nitrogen and oxygen atoms in total. The molecular weight excluding hydrogens is 372 g/mol. The maximum atomic E-state index is 2.49. The third-order valence-corrected chi connectivity index (χ3v) is 6.46. The van der Waals surface area contributed by atoms with Crippen molar-refractivity contribution in [2.24, 2.45) is 5.92 Å². The SMILES string of the molecule is CC(C)CC1=Cc2c(ccc(-c3ccccc3)c2-c2cc(C(C)C)cc(C(C)C)c2)C1. The number of benzene rings is 3. The number of hydrogen-bond acceptors (Lipinski definition) is 0. The predicted molar refractivity (Wildman–Crippen MR) is 137 cm³/mol. The highest BCUT2D eigenvalue weighted by molar-refractivity contribution is 5.92. The van der Waals surface area contributed by atoms with Gasteiger partial charge in [-0.1, -0.05) is 114 Å². The van der Waals surface area contributed by atoms with Crippen molar-refractivity contribution in [1.82, 2.24) is 0 Å². The predicted octanol–water partition coefficient (Wildman–Crippen LogP) is 9.25. The van der Waals surface area contributed by atoms with Crippen molar-refractivity contribution in [2.75, 3.05) is 0 Å². The lowest BCUT2D eigenvalue weighted by atomic mass is 9.85. The largest absolute Gasteiger partial charge is 0.0649 e. The fourth-order valence-electron chi connectivity index (χ4n) is 4.79. The van der Waals surface area contributed by atoms with E-state index in [-0.39, 0.29) is 0 Å². The Morgan fingerprint density at radius 3 is 1.94 bits per heavy atom. The van der Waals surface area contributed by atoms with E-state index in [0.717, 1.165) is 6.42 Å². The van der Waals surface area contributed by atoms with E-state index in [2.05, 4.69) is 108 Å². The number of allylic oxidation sites excluding steroid dienone is 1. The van der Waals surface area contributed by atoms with E-state index in [0.29, 0.717) is 17.8 Å². The summed E-state index contributed by atoms with van der Waals surface area (Å²) in [5, 5.41) is 0. The number of fused-ring (bicyclic) bond motifs is 1. The first-order chi connectivity index (χ1) is 14.8. The van der Waals surface area contributed by atoms with Crippen molar-refractivity contribution in [3.63, 3.8) is 0 Å². The van der Waals surface area contributed by atoms with Gasteiger partial charge in [-0.15, -0.1) is 0 Å². The number of rotatable bonds is 6. The van der Waals surface area contributed by atoms with Crippen molar-refractivity contribution >= 4 is 6.08 Å². The van der Waals surface area contributed by atoms with Gasteiger partial charge in [-0.2, -0.15) is 0 Å². The lowest BCUT2D eigenvalue weighted by Crippen LogP contribution is -1.98. The van der Waals surface area contributed by atoms with Crippen LogP contribution in [-0.4, -0.2) is 0 Å². The van der Waals surface area contributed by atoms with Gasteiger partial charge in [0.25, 0.3) is 0 Å². The zero-order valence-electron chi connectivity index (χ0n) is 20.0. The van der Waals surface area contributed by atoms with E-state index in [1.165, 1.54) is 50.9 Å². The van der Waals surface area contributed by atoms with Gasteiger partial charge in [0.1, 0.15) is 0 Å². The molecule has 3 aromatic carbocycles. The lowest BCUT2D eigenvalue weighted by molar-refractivity contribution is 0.638. The van der Waals surface area contributed by atoms with E-state index in [1.807, 2.05) is 0 Å². The van der Waals surface area contributed by atoms with Crippen molar-refractivity contribution in [2.45, 2.75) is 66.2 Å². The van der Waals surface area contributed by atoms with E-state index >= 15 is 0 Å². The monoisotopic (exact) mass is 408 g/mol. The second-order valence-corrected chi connectivity index (χ2v) is 10.2. The van der Waals surface area contributed by atoms with Crippen LogP contribution in [0.25, 0.3) is 28.3 Å². The topological polar surface area (TPSA) is 0 Å². The van der Waals surface area contributed by atoms with Crippen LogP contribution >= 0.6 is 0 Å². The molecule has 0 fully saturated rings. The van der Waals surface area contributed by atoms with Gasteiger partial charge >= 0.3 is 0 Å². The summed E-state index contributed by atoms with van der Waals surface area (Å²) in [6.45, 7) is 13.9. The fourth-order valence-corrected chi connectivity index (χ4v) is 4.79. The highest BCUT2D eigenvalue weighted by atomic mass is 14.3. The summed E-state index contributed by atoms with van der Waals surface area (Å²) in [6.07, 6.45) is 4.77. The van der Waals surface area contributed by atoms with Gasteiger partial charge in [0.15, 0.2) is 0 Å². The molecule has 1 aliphatic carbocycles. The first-order valence-electron chi connectivity index (χ1n) is 11.9. The molecule has 3 aromatic rings. The first kappa shape index (κ1) is 21.6. The number of hydrogen-bond donors (Lipinski definition) is 0. The Hall–Kier alpha value is -2.60. The van der Waals surface area contributed by atoms with Crippen molar-refractivity contribution in [3.8, 4) is 22.3 Å². The van der Waals surface area contributed by atoms with E-state index < -0.39 is 0 Å². The summed E-state index contributed by atoms with van der Waals surface area (Å²) in [7, 11) is 0. The molecule has 0 aliphatic heterocycles. The third-order valence-electron chi connectivity index (χ3n) is 6.46. The molecule has 0 N–H and O–H groups in total. The molecule has 0 unspecified atom stereocenters. The van der Waals surface area contributed by atoms with Crippen LogP contribution < -0.4 is 0 Å². The second kappa shape index (κ2) is 8.87. The molecule has 0 atom stereocenters. The summed E-state index contributed by atoms with van der Waals surface area (Å²) < 4.78 is 0. The molecule has 4 rings (SSSR count). The first-order valence-corrected chi connectivity index (χ1v) is 11.9. The Morgan fingerprint density at radius 2 is 1.35 bits per heavy atom. The molecule has 0 spiro atoms. The van der Waals surface area contributed by atoms with Gasteiger partial charge < -0.3 is 0 Å². The molecule has 0 amide bonds. The normalized spacial score (nSPS) is 13.3. The molecule has 31 heavy (non-hydrogen) atoms. The van der Waals surface area contributed by atoms with Crippen LogP contribution in [0.1, 0.15) is 82.1 Å². The molecule has 0 heteroatoms. The molecule has 160 valence electrons. The van der Waals surface area contributed by atoms with Crippen LogP contribution in [0.15, 0.2) is 66.2 Å². The highest BCUT2D eigenvalue weighted by Gasteiger charge is 2.22. The summed E-state index contributed by atoms with van der Waals surface area (Å²) in [5.41, 5.74) is 12.8. The lowest BCUT2D eigenvalue weighted by Gasteiger charge is -2.19. The van der Waals surface area contributed by atoms with Gasteiger partial charge in [-0.25, -0.2) is 0 Å². The Labute approximate surface area is 189 Å². The highest BCUT2D eigenvalue weighted by Crippen LogP contribution is 2.43. The van der Waals surface area contributed by atoms with Crippen LogP contribution in [0.4, 0.5) is 0 Å². The molecule has 0 aromatic heterocycles. The maximum absolute atomic E-state index is 2.49. The minimum Gasteiger partial charge on any atom is -0.0649 e. The van der Waals surface area contributed by atoms with Gasteiger partial charge in [0.2, 0.25) is 0 Å². The molecular formula is C31H36. The second-order valence-electron chi connectivity index (χ2n) is 10.2. The molecule has 0 saturated heterocycles. The van der Waals surface area contributed by atoms with Crippen LogP contribution in [-0.2, 0) is 6.42 Å². The molecule has 0 bridgehead atoms. The van der Waals surface area contributed by atoms with E-state index in [9.17, 15) is 0 Å². The smallest absolute Gasteiger partial charge is 0.00298 e. The molecule has 0 radical (unpaired) electrons. The minimum atomic E-state index is 0.515. The van der Waals surface area contributed by atoms with Gasteiger partial charge in [0, 0.05) is 0 Å². The van der Waals surface area contributed by atoms with Crippen molar-refractivity contribution in [3.05, 3.63) is 88.5 Å². The molecule has 1 aliphatic rings. The molecule has 0 heterocycles. The van der Waals surface area contributed by atoms with E-state index in [4.69, 9.17) is 0 Å². The maximum Gasteiger partial charge on any atom is -0.00298 e. The van der Waals surface area contributed by atoms with Gasteiger partial charge in [0.05, 0.1) is 0 Å². The van der Waals surface area contributed by atoms with Crippen molar-refractivity contribution < 1.29 is 0 Å². The fraction of sp³-hybridized carbons (Fsp3) is 0.355. The standard InChI is InChI=1S/C31H36/c1-20(2)14-23-15-25-12-13-29(24-10-8-7-9-11-24)31(30(25)16-23)28-18-26(21(3)4)17-27(19-28)22(5)6/h7-13,16-22H,14-15H2,1-6H3. The summed E-state index contributed by atoms with van der Waals surface area (Å²) in [4.78, 5) is 0. The van der Waals surface area contributed by atoms with Crippen LogP contribution in [0.5, 0.6) is 0 Å². The van der Waals surface area contributed by atoms with Crippen LogP contribution in [0.3, 0.4) is 0 Å². The minimum absolute atomic E-state index is 0.515. The Bertz CT molecular complexity index is 1070. The zero-order chi connectivity index (χ0) is 22.1. The summed E-state index contributed by atoms with van der Waals surface area (Å²) in [5.74, 6) is 1.72. The summed E-state index contributed by atoms with van der Waals surface area (Å²) in [6, 6.07) is 22.9. The van der Waals surface area contributed by atoms with Crippen LogP contribution in [0, 0.1) is 5.92 Å².